The molecule has 1 N–H and O–H groups in total. The number of benzene rings is 2. The van der Waals surface area contributed by atoms with E-state index in [1.165, 1.54) is 0 Å². The summed E-state index contributed by atoms with van der Waals surface area (Å²) in [6.07, 6.45) is -0.285. The molecule has 2 atom stereocenters. The van der Waals surface area contributed by atoms with Gasteiger partial charge < -0.3 is 19.7 Å². The lowest BCUT2D eigenvalue weighted by Crippen LogP contribution is -2.45. The summed E-state index contributed by atoms with van der Waals surface area (Å²) in [5, 5.41) is 2.62. The van der Waals surface area contributed by atoms with E-state index in [4.69, 9.17) is 9.47 Å². The molecule has 0 saturated carbocycles. The number of carbonyl (C=O) groups excluding carboxylic acids is 3. The normalized spacial score (nSPS) is 21.5. The summed E-state index contributed by atoms with van der Waals surface area (Å²) in [5.74, 6) is -0.00123. The molecular formula is C22H23N3O5. The van der Waals surface area contributed by atoms with E-state index in [-0.39, 0.29) is 18.4 Å². The molecule has 2 aromatic rings. The molecule has 2 aromatic carbocycles. The van der Waals surface area contributed by atoms with Crippen LogP contribution in [-0.2, 0) is 14.3 Å². The fourth-order valence-electron chi connectivity index (χ4n) is 3.69. The lowest BCUT2D eigenvalue weighted by atomic mass is 10.1. The van der Waals surface area contributed by atoms with Gasteiger partial charge in [-0.2, -0.15) is 0 Å². The monoisotopic (exact) mass is 409 g/mol. The third-order valence-corrected chi connectivity index (χ3v) is 5.32. The maximum atomic E-state index is 12.8. The van der Waals surface area contributed by atoms with E-state index >= 15 is 0 Å². The summed E-state index contributed by atoms with van der Waals surface area (Å²) in [7, 11) is 1.54. The number of amides is 4. The third kappa shape index (κ3) is 3.99. The molecule has 0 aliphatic carbocycles. The predicted octanol–water partition coefficient (Wildman–Crippen LogP) is 2.11. The Hall–Kier alpha value is -3.39. The Balaban J connectivity index is 1.40. The molecule has 2 fully saturated rings. The first-order valence-corrected chi connectivity index (χ1v) is 9.79. The Labute approximate surface area is 174 Å². The van der Waals surface area contributed by atoms with Crippen molar-refractivity contribution in [2.75, 3.05) is 31.7 Å². The van der Waals surface area contributed by atoms with E-state index in [2.05, 4.69) is 5.32 Å². The van der Waals surface area contributed by atoms with Crippen LogP contribution < -0.4 is 15.0 Å². The average molecular weight is 409 g/mol. The lowest BCUT2D eigenvalue weighted by molar-refractivity contribution is -0.140. The van der Waals surface area contributed by atoms with Gasteiger partial charge in [-0.05, 0) is 29.8 Å². The summed E-state index contributed by atoms with van der Waals surface area (Å²) < 4.78 is 10.9. The van der Waals surface area contributed by atoms with Crippen molar-refractivity contribution in [3.05, 3.63) is 60.2 Å². The van der Waals surface area contributed by atoms with Crippen molar-refractivity contribution in [1.82, 2.24) is 10.2 Å². The van der Waals surface area contributed by atoms with Gasteiger partial charge in [0.05, 0.1) is 32.4 Å². The number of urea groups is 1. The smallest absolute Gasteiger partial charge is 0.329 e. The van der Waals surface area contributed by atoms with Crippen LogP contribution in [0.15, 0.2) is 54.6 Å². The highest BCUT2D eigenvalue weighted by Crippen LogP contribution is 2.25. The van der Waals surface area contributed by atoms with E-state index in [0.717, 1.165) is 10.5 Å². The van der Waals surface area contributed by atoms with E-state index in [1.807, 2.05) is 30.3 Å². The topological polar surface area (TPSA) is 88.2 Å². The van der Waals surface area contributed by atoms with Crippen molar-refractivity contribution in [3.8, 4) is 5.75 Å². The molecule has 0 bridgehead atoms. The van der Waals surface area contributed by atoms with Crippen LogP contribution in [-0.4, -0.2) is 55.6 Å². The van der Waals surface area contributed by atoms with Crippen LogP contribution in [0.3, 0.4) is 0 Å². The Kier molecular flexibility index (Phi) is 5.67. The summed E-state index contributed by atoms with van der Waals surface area (Å²) in [6.45, 7) is 1.30. The molecule has 0 spiro atoms. The van der Waals surface area contributed by atoms with Gasteiger partial charge in [-0.3, -0.25) is 9.59 Å². The molecule has 8 nitrogen and oxygen atoms in total. The van der Waals surface area contributed by atoms with E-state index in [1.54, 1.807) is 36.3 Å². The summed E-state index contributed by atoms with van der Waals surface area (Å²) >= 11 is 0. The van der Waals surface area contributed by atoms with Crippen LogP contribution in [0.5, 0.6) is 5.75 Å². The lowest BCUT2D eigenvalue weighted by Gasteiger charge is -2.33. The largest absolute Gasteiger partial charge is 0.497 e. The summed E-state index contributed by atoms with van der Waals surface area (Å²) in [4.78, 5) is 40.7. The number of hydrogen-bond donors (Lipinski definition) is 1. The highest BCUT2D eigenvalue weighted by Gasteiger charge is 2.41. The third-order valence-electron chi connectivity index (χ3n) is 5.32. The van der Waals surface area contributed by atoms with Crippen LogP contribution in [0.2, 0.25) is 0 Å². The van der Waals surface area contributed by atoms with Gasteiger partial charge in [-0.25, -0.2) is 9.69 Å². The first-order valence-electron chi connectivity index (χ1n) is 9.79. The van der Waals surface area contributed by atoms with Gasteiger partial charge in [-0.15, -0.1) is 0 Å². The number of nitrogens with zero attached hydrogens (tertiary/aromatic N) is 2. The number of ether oxygens (including phenoxy) is 2. The fraction of sp³-hybridized carbons (Fsp3) is 0.318. The molecule has 8 heteroatoms. The second kappa shape index (κ2) is 8.54. The van der Waals surface area contributed by atoms with Gasteiger partial charge >= 0.3 is 6.03 Å². The zero-order chi connectivity index (χ0) is 21.1. The molecule has 0 radical (unpaired) electrons. The predicted molar refractivity (Wildman–Crippen MR) is 109 cm³/mol. The highest BCUT2D eigenvalue weighted by atomic mass is 16.5. The SMILES string of the molecule is COc1ccc(N2C(=O)N[C@H](CC(=O)N3CCO[C@@H](c4ccccc4)C3)C2=O)cc1. The minimum absolute atomic E-state index is 0.0846. The van der Waals surface area contributed by atoms with Gasteiger partial charge in [-0.1, -0.05) is 30.3 Å². The Morgan fingerprint density at radius 3 is 2.57 bits per heavy atom. The van der Waals surface area contributed by atoms with Crippen molar-refractivity contribution >= 4 is 23.5 Å². The van der Waals surface area contributed by atoms with Crippen LogP contribution >= 0.6 is 0 Å². The van der Waals surface area contributed by atoms with Crippen molar-refractivity contribution in [2.45, 2.75) is 18.6 Å². The van der Waals surface area contributed by atoms with Crippen molar-refractivity contribution in [2.24, 2.45) is 0 Å². The van der Waals surface area contributed by atoms with E-state index in [0.29, 0.717) is 31.1 Å². The summed E-state index contributed by atoms with van der Waals surface area (Å²) in [5.41, 5.74) is 1.44. The molecule has 0 aromatic heterocycles. The van der Waals surface area contributed by atoms with Gasteiger partial charge in [0.2, 0.25) is 5.91 Å². The zero-order valence-electron chi connectivity index (χ0n) is 16.6. The number of carbonyl (C=O) groups is 3. The molecule has 0 unspecified atom stereocenters. The standard InChI is InChI=1S/C22H23N3O5/c1-29-17-9-7-16(8-10-17)25-21(27)18(23-22(25)28)13-20(26)24-11-12-30-19(14-24)15-5-3-2-4-6-15/h2-10,18-19H,11-14H2,1H3,(H,23,28)/t18-,19-/m1/s1. The fourth-order valence-corrected chi connectivity index (χ4v) is 3.69. The maximum absolute atomic E-state index is 12.8. The molecule has 2 heterocycles. The molecule has 2 aliphatic rings. The zero-order valence-corrected chi connectivity index (χ0v) is 16.6. The van der Waals surface area contributed by atoms with Crippen LogP contribution in [0.25, 0.3) is 0 Å². The maximum Gasteiger partial charge on any atom is 0.329 e. The number of imide groups is 1. The van der Waals surface area contributed by atoms with Crippen molar-refractivity contribution < 1.29 is 23.9 Å². The number of nitrogens with one attached hydrogen (secondary N) is 1. The number of anilines is 1. The van der Waals surface area contributed by atoms with Gasteiger partial charge in [0.15, 0.2) is 0 Å². The molecule has 4 rings (SSSR count). The van der Waals surface area contributed by atoms with Gasteiger partial charge in [0.1, 0.15) is 17.9 Å². The summed E-state index contributed by atoms with van der Waals surface area (Å²) in [6, 6.07) is 14.9. The molecule has 2 saturated heterocycles. The Morgan fingerprint density at radius 2 is 1.87 bits per heavy atom. The molecular weight excluding hydrogens is 386 g/mol. The first-order chi connectivity index (χ1) is 14.6. The molecule has 30 heavy (non-hydrogen) atoms. The second-order valence-electron chi connectivity index (χ2n) is 7.19. The Bertz CT molecular complexity index is 932. The van der Waals surface area contributed by atoms with Crippen LogP contribution in [0.4, 0.5) is 10.5 Å². The van der Waals surface area contributed by atoms with E-state index < -0.39 is 18.0 Å². The van der Waals surface area contributed by atoms with Crippen molar-refractivity contribution in [1.29, 1.82) is 0 Å². The van der Waals surface area contributed by atoms with Crippen LogP contribution in [0, 0.1) is 0 Å². The van der Waals surface area contributed by atoms with E-state index in [9.17, 15) is 14.4 Å². The minimum atomic E-state index is -0.884. The quantitative estimate of drug-likeness (QED) is 0.765. The Morgan fingerprint density at radius 1 is 1.13 bits per heavy atom. The highest BCUT2D eigenvalue weighted by molar-refractivity contribution is 6.22. The molecule has 4 amide bonds. The number of methoxy groups -OCH3 is 1. The van der Waals surface area contributed by atoms with Gasteiger partial charge in [0.25, 0.3) is 5.91 Å². The number of rotatable bonds is 5. The molecule has 2 aliphatic heterocycles. The number of hydrogen-bond acceptors (Lipinski definition) is 5. The minimum Gasteiger partial charge on any atom is -0.497 e. The average Bonchev–Trinajstić information content (AvgIpc) is 3.07. The second-order valence-corrected chi connectivity index (χ2v) is 7.19. The van der Waals surface area contributed by atoms with Gasteiger partial charge in [0, 0.05) is 6.54 Å². The molecule has 156 valence electrons. The van der Waals surface area contributed by atoms with Crippen LogP contribution in [0.1, 0.15) is 18.1 Å². The number of morpholine rings is 1. The first kappa shape index (κ1) is 19.9. The van der Waals surface area contributed by atoms with Crippen molar-refractivity contribution in [3.63, 3.8) is 0 Å².